The third-order valence-electron chi connectivity index (χ3n) is 2.70. The van der Waals surface area contributed by atoms with Crippen molar-refractivity contribution < 1.29 is 0 Å². The highest BCUT2D eigenvalue weighted by Crippen LogP contribution is 2.23. The van der Waals surface area contributed by atoms with Crippen molar-refractivity contribution in [3.05, 3.63) is 46.5 Å². The Balaban J connectivity index is 2.42. The molecule has 0 radical (unpaired) electrons. The number of rotatable bonds is 4. The topological polar surface area (TPSA) is 43.8 Å². The molecule has 0 unspecified atom stereocenters. The van der Waals surface area contributed by atoms with E-state index in [4.69, 9.17) is 5.73 Å². The van der Waals surface area contributed by atoms with Crippen LogP contribution in [-0.4, -0.2) is 9.55 Å². The molecule has 0 atom stereocenters. The van der Waals surface area contributed by atoms with Gasteiger partial charge in [0.25, 0.3) is 0 Å². The molecule has 17 heavy (non-hydrogen) atoms. The van der Waals surface area contributed by atoms with E-state index in [0.29, 0.717) is 6.54 Å². The van der Waals surface area contributed by atoms with Gasteiger partial charge >= 0.3 is 0 Å². The highest BCUT2D eigenvalue weighted by atomic mass is 79.9. The predicted molar refractivity (Wildman–Crippen MR) is 73.2 cm³/mol. The molecular weight excluding hydrogens is 278 g/mol. The normalized spacial score (nSPS) is 10.8. The third kappa shape index (κ3) is 2.58. The van der Waals surface area contributed by atoms with Crippen molar-refractivity contribution in [3.8, 4) is 5.69 Å². The van der Waals surface area contributed by atoms with Crippen molar-refractivity contribution >= 4 is 15.9 Å². The van der Waals surface area contributed by atoms with Crippen LogP contribution in [0.1, 0.15) is 24.7 Å². The summed E-state index contributed by atoms with van der Waals surface area (Å²) in [5, 5.41) is 0. The van der Waals surface area contributed by atoms with Crippen LogP contribution in [0.5, 0.6) is 0 Å². The van der Waals surface area contributed by atoms with Gasteiger partial charge in [-0.15, -0.1) is 0 Å². The summed E-state index contributed by atoms with van der Waals surface area (Å²) in [6.07, 6.45) is 5.91. The number of hydrogen-bond donors (Lipinski definition) is 1. The Hall–Kier alpha value is -1.13. The van der Waals surface area contributed by atoms with Crippen LogP contribution in [-0.2, 0) is 13.0 Å². The summed E-state index contributed by atoms with van der Waals surface area (Å²) < 4.78 is 3.17. The number of benzene rings is 1. The molecule has 0 spiro atoms. The summed E-state index contributed by atoms with van der Waals surface area (Å²) in [5.74, 6) is 1.09. The largest absolute Gasteiger partial charge is 0.326 e. The monoisotopic (exact) mass is 293 g/mol. The predicted octanol–water partition coefficient (Wildman–Crippen LogP) is 3.05. The fraction of sp³-hybridized carbons (Fsp3) is 0.308. The molecule has 0 aliphatic carbocycles. The number of halogens is 1. The Morgan fingerprint density at radius 3 is 2.88 bits per heavy atom. The lowest BCUT2D eigenvalue weighted by Crippen LogP contribution is -2.02. The van der Waals surface area contributed by atoms with Crippen LogP contribution >= 0.6 is 15.9 Å². The zero-order valence-corrected chi connectivity index (χ0v) is 11.4. The zero-order chi connectivity index (χ0) is 12.3. The summed E-state index contributed by atoms with van der Waals surface area (Å²) in [6, 6.07) is 6.19. The average molecular weight is 294 g/mol. The van der Waals surface area contributed by atoms with Gasteiger partial charge in [0.1, 0.15) is 5.82 Å². The molecule has 0 fully saturated rings. The van der Waals surface area contributed by atoms with Crippen LogP contribution in [0, 0.1) is 0 Å². The van der Waals surface area contributed by atoms with Crippen LogP contribution < -0.4 is 5.73 Å². The van der Waals surface area contributed by atoms with Crippen molar-refractivity contribution in [2.45, 2.75) is 26.3 Å². The number of hydrogen-bond acceptors (Lipinski definition) is 2. The first-order valence-electron chi connectivity index (χ1n) is 5.77. The quantitative estimate of drug-likeness (QED) is 0.942. The van der Waals surface area contributed by atoms with E-state index < -0.39 is 0 Å². The molecule has 90 valence electrons. The highest BCUT2D eigenvalue weighted by Gasteiger charge is 2.07. The molecule has 4 heteroatoms. The van der Waals surface area contributed by atoms with Gasteiger partial charge in [-0.1, -0.05) is 13.0 Å². The van der Waals surface area contributed by atoms with Crippen LogP contribution in [0.4, 0.5) is 0 Å². The molecular formula is C13H16BrN3. The summed E-state index contributed by atoms with van der Waals surface area (Å²) in [7, 11) is 0. The summed E-state index contributed by atoms with van der Waals surface area (Å²) in [6.45, 7) is 2.72. The maximum absolute atomic E-state index is 5.63. The standard InChI is InChI=1S/C13H16BrN3/c1-2-3-13-16-6-7-17(13)12-5-4-10(9-15)8-11(12)14/h4-8H,2-3,9,15H2,1H3. The minimum atomic E-state index is 0.560. The van der Waals surface area contributed by atoms with E-state index in [9.17, 15) is 0 Å². The molecule has 1 aromatic carbocycles. The van der Waals surface area contributed by atoms with Gasteiger partial charge < -0.3 is 10.3 Å². The van der Waals surface area contributed by atoms with E-state index in [1.165, 1.54) is 0 Å². The van der Waals surface area contributed by atoms with Gasteiger partial charge in [0, 0.05) is 29.8 Å². The van der Waals surface area contributed by atoms with Gasteiger partial charge in [-0.2, -0.15) is 0 Å². The van der Waals surface area contributed by atoms with Gasteiger partial charge in [-0.05, 0) is 40.0 Å². The number of nitrogens with two attached hydrogens (primary N) is 1. The van der Waals surface area contributed by atoms with Gasteiger partial charge in [-0.25, -0.2) is 4.98 Å². The van der Waals surface area contributed by atoms with Crippen LogP contribution in [0.2, 0.25) is 0 Å². The lowest BCUT2D eigenvalue weighted by atomic mass is 10.2. The maximum Gasteiger partial charge on any atom is 0.113 e. The van der Waals surface area contributed by atoms with E-state index in [0.717, 1.165) is 34.4 Å². The van der Waals surface area contributed by atoms with Crippen molar-refractivity contribution in [1.29, 1.82) is 0 Å². The first-order valence-corrected chi connectivity index (χ1v) is 6.56. The smallest absolute Gasteiger partial charge is 0.113 e. The molecule has 3 nitrogen and oxygen atoms in total. The van der Waals surface area contributed by atoms with E-state index in [1.54, 1.807) is 0 Å². The van der Waals surface area contributed by atoms with Gasteiger partial charge in [-0.3, -0.25) is 0 Å². The second-order valence-corrected chi connectivity index (χ2v) is 4.81. The molecule has 1 aromatic heterocycles. The second-order valence-electron chi connectivity index (χ2n) is 3.95. The van der Waals surface area contributed by atoms with E-state index in [-0.39, 0.29) is 0 Å². The maximum atomic E-state index is 5.63. The van der Waals surface area contributed by atoms with E-state index in [2.05, 4.69) is 50.6 Å². The molecule has 2 aromatic rings. The van der Waals surface area contributed by atoms with E-state index in [1.807, 2.05) is 12.4 Å². The lowest BCUT2D eigenvalue weighted by Gasteiger charge is -2.10. The number of nitrogens with zero attached hydrogens (tertiary/aromatic N) is 2. The number of aryl methyl sites for hydroxylation is 1. The third-order valence-corrected chi connectivity index (χ3v) is 3.33. The fourth-order valence-corrected chi connectivity index (χ4v) is 2.45. The first kappa shape index (κ1) is 12.3. The van der Waals surface area contributed by atoms with Crippen molar-refractivity contribution in [1.82, 2.24) is 9.55 Å². The molecule has 0 amide bonds. The Labute approximate surface area is 110 Å². The molecule has 1 heterocycles. The van der Waals surface area contributed by atoms with Crippen LogP contribution in [0.15, 0.2) is 35.1 Å². The first-order chi connectivity index (χ1) is 8.26. The Morgan fingerprint density at radius 2 is 2.24 bits per heavy atom. The molecule has 0 aliphatic heterocycles. The summed E-state index contributed by atoms with van der Waals surface area (Å²) in [5.41, 5.74) is 7.86. The van der Waals surface area contributed by atoms with Gasteiger partial charge in [0.05, 0.1) is 5.69 Å². The zero-order valence-electron chi connectivity index (χ0n) is 9.86. The molecule has 0 saturated heterocycles. The van der Waals surface area contributed by atoms with Crippen LogP contribution in [0.3, 0.4) is 0 Å². The van der Waals surface area contributed by atoms with Crippen LogP contribution in [0.25, 0.3) is 5.69 Å². The molecule has 2 rings (SSSR count). The minimum absolute atomic E-state index is 0.560. The SMILES string of the molecule is CCCc1nccn1-c1ccc(CN)cc1Br. The Morgan fingerprint density at radius 1 is 1.41 bits per heavy atom. The summed E-state index contributed by atoms with van der Waals surface area (Å²) in [4.78, 5) is 4.38. The van der Waals surface area contributed by atoms with Crippen molar-refractivity contribution in [2.24, 2.45) is 5.73 Å². The highest BCUT2D eigenvalue weighted by molar-refractivity contribution is 9.10. The molecule has 0 bridgehead atoms. The number of aromatic nitrogens is 2. The van der Waals surface area contributed by atoms with Gasteiger partial charge in [0.2, 0.25) is 0 Å². The average Bonchev–Trinajstić information content (AvgIpc) is 2.77. The lowest BCUT2D eigenvalue weighted by molar-refractivity contribution is 0.807. The molecule has 0 saturated carbocycles. The summed E-state index contributed by atoms with van der Waals surface area (Å²) >= 11 is 3.59. The number of imidazole rings is 1. The van der Waals surface area contributed by atoms with Crippen molar-refractivity contribution in [3.63, 3.8) is 0 Å². The van der Waals surface area contributed by atoms with E-state index >= 15 is 0 Å². The van der Waals surface area contributed by atoms with Crippen molar-refractivity contribution in [2.75, 3.05) is 0 Å². The molecule has 2 N–H and O–H groups in total. The minimum Gasteiger partial charge on any atom is -0.326 e. The Bertz CT molecular complexity index is 505. The Kier molecular flexibility index (Phi) is 3.97. The molecule has 0 aliphatic rings. The fourth-order valence-electron chi connectivity index (χ4n) is 1.83. The van der Waals surface area contributed by atoms with Gasteiger partial charge in [0.15, 0.2) is 0 Å². The second kappa shape index (κ2) is 5.47.